The third-order valence-corrected chi connectivity index (χ3v) is 4.17. The highest BCUT2D eigenvalue weighted by molar-refractivity contribution is 4.88. The van der Waals surface area contributed by atoms with E-state index >= 15 is 0 Å². The van der Waals surface area contributed by atoms with E-state index in [0.717, 1.165) is 18.0 Å². The number of aliphatic hydroxyl groups is 1. The minimum Gasteiger partial charge on any atom is -0.396 e. The molecular formula is C12H23NO. The molecule has 0 aromatic carbocycles. The van der Waals surface area contributed by atoms with Crippen molar-refractivity contribution in [1.29, 1.82) is 0 Å². The van der Waals surface area contributed by atoms with E-state index in [1.165, 1.54) is 38.5 Å². The molecule has 2 rings (SSSR count). The summed E-state index contributed by atoms with van der Waals surface area (Å²) in [5.41, 5.74) is 0. The highest BCUT2D eigenvalue weighted by Crippen LogP contribution is 2.30. The van der Waals surface area contributed by atoms with Gasteiger partial charge in [-0.1, -0.05) is 6.92 Å². The zero-order chi connectivity index (χ0) is 9.97. The molecule has 2 fully saturated rings. The first-order chi connectivity index (χ1) is 6.79. The minimum atomic E-state index is 0.395. The molecular weight excluding hydrogens is 174 g/mol. The molecule has 0 spiro atoms. The van der Waals surface area contributed by atoms with Crippen molar-refractivity contribution >= 4 is 0 Å². The smallest absolute Gasteiger partial charge is 0.0459 e. The van der Waals surface area contributed by atoms with Crippen LogP contribution < -0.4 is 5.32 Å². The molecule has 2 N–H and O–H groups in total. The van der Waals surface area contributed by atoms with Crippen molar-refractivity contribution in [3.8, 4) is 0 Å². The largest absolute Gasteiger partial charge is 0.396 e. The molecule has 2 nitrogen and oxygen atoms in total. The van der Waals surface area contributed by atoms with Gasteiger partial charge >= 0.3 is 0 Å². The lowest BCUT2D eigenvalue weighted by molar-refractivity contribution is 0.148. The predicted molar refractivity (Wildman–Crippen MR) is 58.2 cm³/mol. The zero-order valence-electron chi connectivity index (χ0n) is 9.21. The van der Waals surface area contributed by atoms with Crippen LogP contribution in [0.25, 0.3) is 0 Å². The second-order valence-corrected chi connectivity index (χ2v) is 5.23. The van der Waals surface area contributed by atoms with Crippen molar-refractivity contribution in [2.45, 2.75) is 57.5 Å². The van der Waals surface area contributed by atoms with Crippen LogP contribution in [0.1, 0.15) is 45.4 Å². The average Bonchev–Trinajstić information content (AvgIpc) is 2.24. The molecule has 2 unspecified atom stereocenters. The van der Waals surface area contributed by atoms with Crippen LogP contribution in [0.2, 0.25) is 0 Å². The first kappa shape index (κ1) is 10.4. The molecule has 2 aliphatic rings. The first-order valence-electron chi connectivity index (χ1n) is 6.16. The predicted octanol–water partition coefficient (Wildman–Crippen LogP) is 1.93. The van der Waals surface area contributed by atoms with Crippen LogP contribution in [0, 0.1) is 11.8 Å². The maximum absolute atomic E-state index is 9.04. The molecule has 2 saturated carbocycles. The van der Waals surface area contributed by atoms with Gasteiger partial charge < -0.3 is 10.4 Å². The highest BCUT2D eigenvalue weighted by atomic mass is 16.3. The van der Waals surface area contributed by atoms with Crippen molar-refractivity contribution in [3.05, 3.63) is 0 Å². The van der Waals surface area contributed by atoms with Gasteiger partial charge in [0.05, 0.1) is 0 Å². The van der Waals surface area contributed by atoms with E-state index < -0.39 is 0 Å². The third kappa shape index (κ3) is 2.29. The topological polar surface area (TPSA) is 32.3 Å². The van der Waals surface area contributed by atoms with Crippen LogP contribution in [0.15, 0.2) is 0 Å². The monoisotopic (exact) mass is 197 g/mol. The van der Waals surface area contributed by atoms with Gasteiger partial charge in [0.25, 0.3) is 0 Å². The maximum atomic E-state index is 9.04. The van der Waals surface area contributed by atoms with Gasteiger partial charge in [0, 0.05) is 18.7 Å². The molecule has 0 aliphatic heterocycles. The molecule has 0 bridgehead atoms. The van der Waals surface area contributed by atoms with Gasteiger partial charge in [-0.15, -0.1) is 0 Å². The number of aliphatic hydroxyl groups excluding tert-OH is 1. The van der Waals surface area contributed by atoms with Gasteiger partial charge in [-0.2, -0.15) is 0 Å². The molecule has 0 amide bonds. The van der Waals surface area contributed by atoms with Gasteiger partial charge in [-0.25, -0.2) is 0 Å². The number of rotatable bonds is 3. The summed E-state index contributed by atoms with van der Waals surface area (Å²) in [5, 5.41) is 12.8. The Morgan fingerprint density at radius 3 is 2.21 bits per heavy atom. The van der Waals surface area contributed by atoms with Crippen LogP contribution in [0.3, 0.4) is 0 Å². The standard InChI is InChI=1S/C12H23NO/c1-9-2-7-12(9)13-11-5-3-10(8-14)4-6-11/h9-14H,2-8H2,1H3. The molecule has 14 heavy (non-hydrogen) atoms. The van der Waals surface area contributed by atoms with Crippen molar-refractivity contribution in [3.63, 3.8) is 0 Å². The Morgan fingerprint density at radius 1 is 1.07 bits per heavy atom. The van der Waals surface area contributed by atoms with Gasteiger partial charge in [-0.3, -0.25) is 0 Å². The van der Waals surface area contributed by atoms with Crippen LogP contribution in [-0.4, -0.2) is 23.8 Å². The molecule has 2 aliphatic carbocycles. The zero-order valence-corrected chi connectivity index (χ0v) is 9.21. The molecule has 0 heterocycles. The first-order valence-corrected chi connectivity index (χ1v) is 6.16. The van der Waals surface area contributed by atoms with Gasteiger partial charge in [-0.05, 0) is 50.4 Å². The number of hydrogen-bond acceptors (Lipinski definition) is 2. The lowest BCUT2D eigenvalue weighted by Gasteiger charge is -2.39. The van der Waals surface area contributed by atoms with E-state index in [1.54, 1.807) is 0 Å². The molecule has 0 saturated heterocycles. The van der Waals surface area contributed by atoms with E-state index in [2.05, 4.69) is 12.2 Å². The SMILES string of the molecule is CC1CCC1NC1CCC(CO)CC1. The van der Waals surface area contributed by atoms with E-state index in [9.17, 15) is 0 Å². The van der Waals surface area contributed by atoms with Gasteiger partial charge in [0.15, 0.2) is 0 Å². The Bertz CT molecular complexity index is 175. The van der Waals surface area contributed by atoms with E-state index in [4.69, 9.17) is 5.11 Å². The summed E-state index contributed by atoms with van der Waals surface area (Å²) in [5.74, 6) is 1.48. The fraction of sp³-hybridized carbons (Fsp3) is 1.00. The summed E-state index contributed by atoms with van der Waals surface area (Å²) in [6.07, 6.45) is 7.76. The van der Waals surface area contributed by atoms with Crippen LogP contribution >= 0.6 is 0 Å². The lowest BCUT2D eigenvalue weighted by atomic mass is 9.79. The Balaban J connectivity index is 1.68. The fourth-order valence-electron chi connectivity index (χ4n) is 2.73. The van der Waals surface area contributed by atoms with Crippen molar-refractivity contribution in [1.82, 2.24) is 5.32 Å². The fourth-order valence-corrected chi connectivity index (χ4v) is 2.73. The van der Waals surface area contributed by atoms with E-state index in [0.29, 0.717) is 12.5 Å². The molecule has 2 heteroatoms. The summed E-state index contributed by atoms with van der Waals surface area (Å²) in [6, 6.07) is 1.54. The van der Waals surface area contributed by atoms with E-state index in [1.807, 2.05) is 0 Å². The third-order valence-electron chi connectivity index (χ3n) is 4.17. The van der Waals surface area contributed by atoms with Crippen molar-refractivity contribution in [2.24, 2.45) is 11.8 Å². The Hall–Kier alpha value is -0.0800. The van der Waals surface area contributed by atoms with Crippen molar-refractivity contribution in [2.75, 3.05) is 6.61 Å². The van der Waals surface area contributed by atoms with Crippen LogP contribution in [0.4, 0.5) is 0 Å². The summed E-state index contributed by atoms with van der Waals surface area (Å²) >= 11 is 0. The number of nitrogens with one attached hydrogen (secondary N) is 1. The molecule has 82 valence electrons. The minimum absolute atomic E-state index is 0.395. The lowest BCUT2D eigenvalue weighted by Crippen LogP contribution is -2.48. The second kappa shape index (κ2) is 4.63. The maximum Gasteiger partial charge on any atom is 0.0459 e. The van der Waals surface area contributed by atoms with Crippen LogP contribution in [-0.2, 0) is 0 Å². The summed E-state index contributed by atoms with van der Waals surface area (Å²) in [6.45, 7) is 2.74. The summed E-state index contributed by atoms with van der Waals surface area (Å²) in [7, 11) is 0. The molecule has 0 aromatic rings. The van der Waals surface area contributed by atoms with Gasteiger partial charge in [0.1, 0.15) is 0 Å². The molecule has 0 aromatic heterocycles. The second-order valence-electron chi connectivity index (χ2n) is 5.23. The Morgan fingerprint density at radius 2 is 1.79 bits per heavy atom. The average molecular weight is 197 g/mol. The normalized spacial score (nSPS) is 43.3. The summed E-state index contributed by atoms with van der Waals surface area (Å²) < 4.78 is 0. The molecule has 0 radical (unpaired) electrons. The Kier molecular flexibility index (Phi) is 3.45. The number of hydrogen-bond donors (Lipinski definition) is 2. The highest BCUT2D eigenvalue weighted by Gasteiger charge is 2.30. The molecule has 2 atom stereocenters. The Labute approximate surface area is 87.1 Å². The summed E-state index contributed by atoms with van der Waals surface area (Å²) in [4.78, 5) is 0. The van der Waals surface area contributed by atoms with Gasteiger partial charge in [0.2, 0.25) is 0 Å². The quantitative estimate of drug-likeness (QED) is 0.724. The van der Waals surface area contributed by atoms with E-state index in [-0.39, 0.29) is 0 Å². The van der Waals surface area contributed by atoms with Crippen LogP contribution in [0.5, 0.6) is 0 Å². The van der Waals surface area contributed by atoms with Crippen molar-refractivity contribution < 1.29 is 5.11 Å².